The Morgan fingerprint density at radius 2 is 1.35 bits per heavy atom. The van der Waals surface area contributed by atoms with E-state index in [9.17, 15) is 0 Å². The fraction of sp³-hybridized carbons (Fsp3) is 0. The molecule has 5 aromatic rings. The van der Waals surface area contributed by atoms with Crippen LogP contribution in [0.1, 0.15) is 0 Å². The van der Waals surface area contributed by atoms with Crippen molar-refractivity contribution in [2.75, 3.05) is 0 Å². The van der Waals surface area contributed by atoms with Crippen molar-refractivity contribution in [2.24, 2.45) is 0 Å². The third kappa shape index (κ3) is 2.29. The molecule has 0 aliphatic carbocycles. The first-order valence-electron chi connectivity index (χ1n) is 8.42. The highest BCUT2D eigenvalue weighted by Crippen LogP contribution is 2.34. The predicted octanol–water partition coefficient (Wildman–Crippen LogP) is 4.48. The summed E-state index contributed by atoms with van der Waals surface area (Å²) in [4.78, 5) is 0. The fourth-order valence-corrected chi connectivity index (χ4v) is 3.18. The number of fused-ring (bicyclic) bond motifs is 1. The van der Waals surface area contributed by atoms with Crippen LogP contribution in [0.3, 0.4) is 0 Å². The van der Waals surface area contributed by atoms with Crippen molar-refractivity contribution in [1.29, 1.82) is 0 Å². The number of aromatic nitrogens is 5. The first-order valence-corrected chi connectivity index (χ1v) is 8.42. The third-order valence-corrected chi connectivity index (χ3v) is 4.41. The van der Waals surface area contributed by atoms with E-state index in [1.54, 1.807) is 0 Å². The number of H-pyrrole nitrogens is 1. The number of nitrogens with zero attached hydrogens (tertiary/aromatic N) is 4. The van der Waals surface area contributed by atoms with E-state index in [0.29, 0.717) is 0 Å². The van der Waals surface area contributed by atoms with Gasteiger partial charge >= 0.3 is 0 Å². The Hall–Kier alpha value is -3.73. The topological polar surface area (TPSA) is 59.4 Å². The molecule has 0 aliphatic rings. The van der Waals surface area contributed by atoms with E-state index in [4.69, 9.17) is 0 Å². The molecule has 0 spiro atoms. The van der Waals surface area contributed by atoms with Crippen molar-refractivity contribution < 1.29 is 0 Å². The minimum atomic E-state index is 0.847. The van der Waals surface area contributed by atoms with Gasteiger partial charge in [0.15, 0.2) is 0 Å². The van der Waals surface area contributed by atoms with Gasteiger partial charge < -0.3 is 0 Å². The summed E-state index contributed by atoms with van der Waals surface area (Å²) in [6.07, 6.45) is 0. The Morgan fingerprint density at radius 1 is 0.692 bits per heavy atom. The van der Waals surface area contributed by atoms with Crippen LogP contribution in [0.2, 0.25) is 0 Å². The lowest BCUT2D eigenvalue weighted by molar-refractivity contribution is 0.827. The largest absolute Gasteiger partial charge is 0.275 e. The maximum Gasteiger partial charge on any atom is 0.121 e. The molecule has 0 saturated heterocycles. The molecule has 0 fully saturated rings. The standard InChI is InChI=1S/C21H15N5/c1-3-9-15(10-4-1)19-21(20(24-23-19)16-11-5-2-6-12-16)26-18-14-8-7-13-17(18)22-25-26/h1-14H,(H,23,24). The fourth-order valence-electron chi connectivity index (χ4n) is 3.18. The van der Waals surface area contributed by atoms with Crippen LogP contribution < -0.4 is 0 Å². The molecule has 0 bridgehead atoms. The maximum atomic E-state index is 4.61. The zero-order valence-corrected chi connectivity index (χ0v) is 13.9. The van der Waals surface area contributed by atoms with Gasteiger partial charge in [0.1, 0.15) is 16.9 Å². The molecule has 3 aromatic carbocycles. The van der Waals surface area contributed by atoms with E-state index < -0.39 is 0 Å². The number of aromatic amines is 1. The normalized spacial score (nSPS) is 11.1. The van der Waals surface area contributed by atoms with Gasteiger partial charge in [-0.2, -0.15) is 5.10 Å². The Kier molecular flexibility index (Phi) is 3.35. The minimum Gasteiger partial charge on any atom is -0.275 e. The zero-order valence-electron chi connectivity index (χ0n) is 13.9. The molecular formula is C21H15N5. The lowest BCUT2D eigenvalue weighted by atomic mass is 10.1. The Labute approximate surface area is 149 Å². The monoisotopic (exact) mass is 337 g/mol. The van der Waals surface area contributed by atoms with Crippen LogP contribution in [0, 0.1) is 0 Å². The molecule has 26 heavy (non-hydrogen) atoms. The van der Waals surface area contributed by atoms with Crippen LogP contribution in [0.15, 0.2) is 84.9 Å². The minimum absolute atomic E-state index is 0.847. The Bertz CT molecular complexity index is 1120. The van der Waals surface area contributed by atoms with Crippen molar-refractivity contribution in [3.8, 4) is 28.2 Å². The predicted molar refractivity (Wildman–Crippen MR) is 102 cm³/mol. The van der Waals surface area contributed by atoms with Gasteiger partial charge in [0, 0.05) is 11.1 Å². The summed E-state index contributed by atoms with van der Waals surface area (Å²) in [5.41, 5.74) is 6.54. The second-order valence-corrected chi connectivity index (χ2v) is 6.02. The summed E-state index contributed by atoms with van der Waals surface area (Å²) in [5.74, 6) is 0. The van der Waals surface area contributed by atoms with Gasteiger partial charge in [0.2, 0.25) is 0 Å². The van der Waals surface area contributed by atoms with E-state index in [1.807, 2.05) is 77.5 Å². The molecular weight excluding hydrogens is 322 g/mol. The second-order valence-electron chi connectivity index (χ2n) is 6.02. The zero-order chi connectivity index (χ0) is 17.3. The smallest absolute Gasteiger partial charge is 0.121 e. The van der Waals surface area contributed by atoms with E-state index in [2.05, 4.69) is 32.6 Å². The third-order valence-electron chi connectivity index (χ3n) is 4.41. The van der Waals surface area contributed by atoms with Gasteiger partial charge in [0.05, 0.1) is 11.2 Å². The van der Waals surface area contributed by atoms with Gasteiger partial charge in [0.25, 0.3) is 0 Å². The molecule has 0 atom stereocenters. The van der Waals surface area contributed by atoms with Gasteiger partial charge in [-0.15, -0.1) is 5.10 Å². The molecule has 2 aromatic heterocycles. The highest BCUT2D eigenvalue weighted by molar-refractivity contribution is 5.85. The van der Waals surface area contributed by atoms with Gasteiger partial charge in [-0.3, -0.25) is 5.10 Å². The highest BCUT2D eigenvalue weighted by Gasteiger charge is 2.20. The van der Waals surface area contributed by atoms with E-state index >= 15 is 0 Å². The van der Waals surface area contributed by atoms with Crippen molar-refractivity contribution in [3.63, 3.8) is 0 Å². The first kappa shape index (κ1) is 14.6. The summed E-state index contributed by atoms with van der Waals surface area (Å²) in [6.45, 7) is 0. The SMILES string of the molecule is c1ccc(-c2n[nH]c(-c3ccccc3)c2-n2nnc3ccccc32)cc1. The molecule has 5 nitrogen and oxygen atoms in total. The van der Waals surface area contributed by atoms with Crippen LogP contribution in [0.5, 0.6) is 0 Å². The molecule has 2 heterocycles. The number of nitrogens with one attached hydrogen (secondary N) is 1. The summed E-state index contributed by atoms with van der Waals surface area (Å²) in [7, 11) is 0. The van der Waals surface area contributed by atoms with Gasteiger partial charge in [-0.05, 0) is 12.1 Å². The first-order chi connectivity index (χ1) is 12.9. The van der Waals surface area contributed by atoms with Crippen LogP contribution in [-0.4, -0.2) is 25.2 Å². The summed E-state index contributed by atoms with van der Waals surface area (Å²) >= 11 is 0. The average molecular weight is 337 g/mol. The van der Waals surface area contributed by atoms with Crippen molar-refractivity contribution in [3.05, 3.63) is 84.9 Å². The van der Waals surface area contributed by atoms with Gasteiger partial charge in [-0.1, -0.05) is 78.0 Å². The van der Waals surface area contributed by atoms with Crippen LogP contribution in [-0.2, 0) is 0 Å². The van der Waals surface area contributed by atoms with Gasteiger partial charge in [-0.25, -0.2) is 4.68 Å². The molecule has 0 saturated carbocycles. The number of benzene rings is 3. The molecule has 124 valence electrons. The molecule has 5 rings (SSSR count). The van der Waals surface area contributed by atoms with E-state index in [1.165, 1.54) is 0 Å². The molecule has 0 unspecified atom stereocenters. The van der Waals surface area contributed by atoms with Crippen molar-refractivity contribution in [2.45, 2.75) is 0 Å². The quantitative estimate of drug-likeness (QED) is 0.528. The van der Waals surface area contributed by atoms with Crippen molar-refractivity contribution >= 4 is 11.0 Å². The summed E-state index contributed by atoms with van der Waals surface area (Å²) < 4.78 is 1.86. The number of hydrogen-bond acceptors (Lipinski definition) is 3. The lowest BCUT2D eigenvalue weighted by Gasteiger charge is -2.07. The van der Waals surface area contributed by atoms with Crippen LogP contribution >= 0.6 is 0 Å². The number of rotatable bonds is 3. The number of para-hydroxylation sites is 1. The Morgan fingerprint density at radius 3 is 2.12 bits per heavy atom. The van der Waals surface area contributed by atoms with Crippen LogP contribution in [0.4, 0.5) is 0 Å². The average Bonchev–Trinajstić information content (AvgIpc) is 3.33. The van der Waals surface area contributed by atoms with Crippen molar-refractivity contribution in [1.82, 2.24) is 25.2 Å². The van der Waals surface area contributed by atoms with E-state index in [0.717, 1.165) is 39.2 Å². The Balaban J connectivity index is 1.83. The molecule has 0 radical (unpaired) electrons. The summed E-state index contributed by atoms with van der Waals surface area (Å²) in [6, 6.07) is 28.2. The van der Waals surface area contributed by atoms with E-state index in [-0.39, 0.29) is 0 Å². The second kappa shape index (κ2) is 5.97. The molecule has 1 N–H and O–H groups in total. The number of hydrogen-bond donors (Lipinski definition) is 1. The highest BCUT2D eigenvalue weighted by atomic mass is 15.4. The lowest BCUT2D eigenvalue weighted by Crippen LogP contribution is -1.99. The molecule has 0 aliphatic heterocycles. The maximum absolute atomic E-state index is 4.61. The summed E-state index contributed by atoms with van der Waals surface area (Å²) in [5, 5.41) is 16.5. The molecule has 0 amide bonds. The molecule has 5 heteroatoms. The van der Waals surface area contributed by atoms with Crippen LogP contribution in [0.25, 0.3) is 39.2 Å².